The minimum absolute atomic E-state index is 0.195. The fourth-order valence-electron chi connectivity index (χ4n) is 4.22. The van der Waals surface area contributed by atoms with Crippen molar-refractivity contribution in [2.45, 2.75) is 19.3 Å². The van der Waals surface area contributed by atoms with Crippen LogP contribution in [0.5, 0.6) is 17.2 Å². The average molecular weight is 519 g/mol. The van der Waals surface area contributed by atoms with Gasteiger partial charge in [0.15, 0.2) is 0 Å². The van der Waals surface area contributed by atoms with E-state index in [1.165, 1.54) is 31.4 Å². The molecule has 1 aliphatic rings. The van der Waals surface area contributed by atoms with E-state index in [1.54, 1.807) is 19.2 Å². The van der Waals surface area contributed by atoms with E-state index in [0.29, 0.717) is 53.6 Å². The lowest BCUT2D eigenvalue weighted by molar-refractivity contribution is -0.133. The standard InChI is InChI=1S/C30H31FN2O5/c1-36-26-19-22(29(27(20-26)37-2)30(35)32-24-12-10-23(31)11-13-24)9-6-21-7-14-25(15-8-21)38-18-17-33-16-4-3-5-28(33)34/h6-15,19-20H,3-5,16-18H2,1-2H3,(H,32,35)/b9-6+. The number of carbonyl (C=O) groups excluding carboxylic acids is 2. The first-order chi connectivity index (χ1) is 18.5. The van der Waals surface area contributed by atoms with E-state index in [2.05, 4.69) is 5.32 Å². The number of nitrogens with zero attached hydrogens (tertiary/aromatic N) is 1. The molecule has 0 radical (unpaired) electrons. The van der Waals surface area contributed by atoms with E-state index < -0.39 is 5.91 Å². The molecule has 1 aliphatic heterocycles. The van der Waals surface area contributed by atoms with Crippen LogP contribution in [0.3, 0.4) is 0 Å². The Labute approximate surface area is 221 Å². The number of benzene rings is 3. The molecule has 0 unspecified atom stereocenters. The summed E-state index contributed by atoms with van der Waals surface area (Å²) in [5.74, 6) is 1.01. The molecule has 1 N–H and O–H groups in total. The Hall–Kier alpha value is -4.33. The summed E-state index contributed by atoms with van der Waals surface area (Å²) in [6.45, 7) is 1.82. The first-order valence-electron chi connectivity index (χ1n) is 12.5. The maximum absolute atomic E-state index is 13.3. The minimum Gasteiger partial charge on any atom is -0.497 e. The summed E-state index contributed by atoms with van der Waals surface area (Å²) in [5, 5.41) is 2.79. The lowest BCUT2D eigenvalue weighted by Gasteiger charge is -2.26. The molecule has 3 aromatic rings. The number of hydrogen-bond acceptors (Lipinski definition) is 5. The first kappa shape index (κ1) is 26.7. The van der Waals surface area contributed by atoms with Gasteiger partial charge in [-0.2, -0.15) is 0 Å². The predicted molar refractivity (Wildman–Crippen MR) is 145 cm³/mol. The molecule has 0 aliphatic carbocycles. The fraction of sp³-hybridized carbons (Fsp3) is 0.267. The fourth-order valence-corrected chi connectivity index (χ4v) is 4.22. The van der Waals surface area contributed by atoms with Gasteiger partial charge in [0.25, 0.3) is 5.91 Å². The highest BCUT2D eigenvalue weighted by atomic mass is 19.1. The van der Waals surface area contributed by atoms with Gasteiger partial charge in [-0.25, -0.2) is 4.39 Å². The van der Waals surface area contributed by atoms with E-state index in [-0.39, 0.29) is 11.7 Å². The summed E-state index contributed by atoms with van der Waals surface area (Å²) in [6, 6.07) is 16.5. The van der Waals surface area contributed by atoms with E-state index in [0.717, 1.165) is 24.9 Å². The summed E-state index contributed by atoms with van der Waals surface area (Å²) >= 11 is 0. The van der Waals surface area contributed by atoms with Crippen LogP contribution in [0, 0.1) is 5.82 Å². The van der Waals surface area contributed by atoms with Crippen molar-refractivity contribution in [2.24, 2.45) is 0 Å². The molecule has 8 heteroatoms. The van der Waals surface area contributed by atoms with Crippen LogP contribution in [0.2, 0.25) is 0 Å². The monoisotopic (exact) mass is 518 g/mol. The molecule has 0 aromatic heterocycles. The highest BCUT2D eigenvalue weighted by Crippen LogP contribution is 2.31. The van der Waals surface area contributed by atoms with Crippen molar-refractivity contribution < 1.29 is 28.2 Å². The number of likely N-dealkylation sites (tertiary alicyclic amines) is 1. The molecule has 38 heavy (non-hydrogen) atoms. The van der Waals surface area contributed by atoms with Crippen LogP contribution in [0.1, 0.15) is 40.7 Å². The molecule has 2 amide bonds. The third kappa shape index (κ3) is 6.91. The number of methoxy groups -OCH3 is 2. The molecule has 7 nitrogen and oxygen atoms in total. The van der Waals surface area contributed by atoms with Crippen LogP contribution in [0.15, 0.2) is 60.7 Å². The van der Waals surface area contributed by atoms with Gasteiger partial charge in [-0.1, -0.05) is 24.3 Å². The predicted octanol–water partition coefficient (Wildman–Crippen LogP) is 5.66. The molecule has 3 aromatic carbocycles. The van der Waals surface area contributed by atoms with E-state index in [4.69, 9.17) is 14.2 Å². The van der Waals surface area contributed by atoms with Gasteiger partial charge in [-0.15, -0.1) is 0 Å². The SMILES string of the molecule is COc1cc(/C=C/c2ccc(OCCN3CCCCC3=O)cc2)c(C(=O)Nc2ccc(F)cc2)c(OC)c1. The van der Waals surface area contributed by atoms with Gasteiger partial charge in [0.1, 0.15) is 29.7 Å². The maximum Gasteiger partial charge on any atom is 0.260 e. The average Bonchev–Trinajstić information content (AvgIpc) is 2.94. The molecule has 0 spiro atoms. The number of hydrogen-bond donors (Lipinski definition) is 1. The van der Waals surface area contributed by atoms with Crippen LogP contribution in [0.25, 0.3) is 12.2 Å². The number of rotatable bonds is 10. The van der Waals surface area contributed by atoms with Gasteiger partial charge in [0, 0.05) is 24.7 Å². The van der Waals surface area contributed by atoms with Crippen molar-refractivity contribution in [1.29, 1.82) is 0 Å². The number of carbonyl (C=O) groups is 2. The highest BCUT2D eigenvalue weighted by Gasteiger charge is 2.19. The van der Waals surface area contributed by atoms with Gasteiger partial charge in [-0.3, -0.25) is 9.59 Å². The van der Waals surface area contributed by atoms with E-state index in [9.17, 15) is 14.0 Å². The van der Waals surface area contributed by atoms with Crippen LogP contribution in [0.4, 0.5) is 10.1 Å². The normalized spacial score (nSPS) is 13.4. The van der Waals surface area contributed by atoms with Crippen LogP contribution < -0.4 is 19.5 Å². The summed E-state index contributed by atoms with van der Waals surface area (Å²) in [4.78, 5) is 27.0. The van der Waals surface area contributed by atoms with Crippen molar-refractivity contribution in [1.82, 2.24) is 4.90 Å². The summed E-state index contributed by atoms with van der Waals surface area (Å²) in [7, 11) is 3.03. The maximum atomic E-state index is 13.3. The van der Waals surface area contributed by atoms with Gasteiger partial charge in [0.05, 0.1) is 26.3 Å². The number of ether oxygens (including phenoxy) is 3. The van der Waals surface area contributed by atoms with E-state index in [1.807, 2.05) is 41.3 Å². The molecule has 1 fully saturated rings. The second-order valence-electron chi connectivity index (χ2n) is 8.84. The molecule has 198 valence electrons. The Morgan fingerprint density at radius 1 is 0.974 bits per heavy atom. The van der Waals surface area contributed by atoms with Gasteiger partial charge >= 0.3 is 0 Å². The van der Waals surface area contributed by atoms with Crippen LogP contribution in [-0.4, -0.2) is 50.6 Å². The Morgan fingerprint density at radius 3 is 2.42 bits per heavy atom. The Kier molecular flexibility index (Phi) is 8.98. The minimum atomic E-state index is -0.397. The topological polar surface area (TPSA) is 77.1 Å². The van der Waals surface area contributed by atoms with Crippen molar-refractivity contribution >= 4 is 29.7 Å². The molecular formula is C30H31FN2O5. The smallest absolute Gasteiger partial charge is 0.260 e. The number of anilines is 1. The zero-order valence-electron chi connectivity index (χ0n) is 21.5. The molecule has 4 rings (SSSR count). The third-order valence-corrected chi connectivity index (χ3v) is 6.28. The molecule has 0 saturated carbocycles. The van der Waals surface area contributed by atoms with Gasteiger partial charge < -0.3 is 24.4 Å². The highest BCUT2D eigenvalue weighted by molar-refractivity contribution is 6.09. The second-order valence-corrected chi connectivity index (χ2v) is 8.84. The first-order valence-corrected chi connectivity index (χ1v) is 12.5. The number of nitrogens with one attached hydrogen (secondary N) is 1. The van der Waals surface area contributed by atoms with Crippen molar-refractivity contribution in [3.63, 3.8) is 0 Å². The molecular weight excluding hydrogens is 487 g/mol. The zero-order valence-corrected chi connectivity index (χ0v) is 21.5. The van der Waals surface area contributed by atoms with Crippen molar-refractivity contribution in [3.05, 3.63) is 83.2 Å². The van der Waals surface area contributed by atoms with Crippen molar-refractivity contribution in [3.8, 4) is 17.2 Å². The summed E-state index contributed by atoms with van der Waals surface area (Å²) in [6.07, 6.45) is 6.31. The summed E-state index contributed by atoms with van der Waals surface area (Å²) < 4.78 is 30.0. The Bertz CT molecular complexity index is 1290. The van der Waals surface area contributed by atoms with Crippen molar-refractivity contribution in [2.75, 3.05) is 39.2 Å². The quantitative estimate of drug-likeness (QED) is 0.351. The summed E-state index contributed by atoms with van der Waals surface area (Å²) in [5.41, 5.74) is 2.27. The largest absolute Gasteiger partial charge is 0.497 e. The lowest BCUT2D eigenvalue weighted by atomic mass is 10.0. The molecule has 1 heterocycles. The number of amides is 2. The second kappa shape index (κ2) is 12.8. The van der Waals surface area contributed by atoms with Crippen LogP contribution in [-0.2, 0) is 4.79 Å². The third-order valence-electron chi connectivity index (χ3n) is 6.28. The number of piperidine rings is 1. The zero-order chi connectivity index (χ0) is 26.9. The van der Waals surface area contributed by atoms with Crippen LogP contribution >= 0.6 is 0 Å². The molecule has 1 saturated heterocycles. The van der Waals surface area contributed by atoms with Gasteiger partial charge in [0.2, 0.25) is 5.91 Å². The molecule has 0 atom stereocenters. The van der Waals surface area contributed by atoms with E-state index >= 15 is 0 Å². The lowest BCUT2D eigenvalue weighted by Crippen LogP contribution is -2.38. The number of halogens is 1. The Balaban J connectivity index is 1.47. The molecule has 0 bridgehead atoms. The Morgan fingerprint density at radius 2 is 1.74 bits per heavy atom. The van der Waals surface area contributed by atoms with Gasteiger partial charge in [-0.05, 0) is 66.4 Å².